The highest BCUT2D eigenvalue weighted by molar-refractivity contribution is 5.99. The van der Waals surface area contributed by atoms with E-state index < -0.39 is 23.4 Å². The molecule has 10 aliphatic rings. The van der Waals surface area contributed by atoms with Gasteiger partial charge in [-0.1, -0.05) is 0 Å². The lowest BCUT2D eigenvalue weighted by Crippen LogP contribution is -2.33. The molecule has 0 aromatic heterocycles. The zero-order valence-electron chi connectivity index (χ0n) is 51.0. The fourth-order valence-corrected chi connectivity index (χ4v) is 10.6. The average Bonchev–Trinajstić information content (AvgIpc) is 2.66. The number of carbonyl (C=O) groups excluding carboxylic acids is 2. The first-order chi connectivity index (χ1) is 42.5. The number of hydrogen-bond donors (Lipinski definition) is 0. The van der Waals surface area contributed by atoms with Crippen LogP contribution in [-0.2, 0) is 9.47 Å². The van der Waals surface area contributed by atoms with E-state index in [-0.39, 0.29) is 0 Å². The topological polar surface area (TPSA) is 109 Å². The van der Waals surface area contributed by atoms with Crippen molar-refractivity contribution in [1.29, 1.82) is 0 Å². The summed E-state index contributed by atoms with van der Waals surface area (Å²) in [6.45, 7) is 11.2. The molecule has 0 N–H and O–H groups in total. The van der Waals surface area contributed by atoms with E-state index in [4.69, 9.17) is 28.4 Å². The van der Waals surface area contributed by atoms with E-state index in [0.717, 1.165) is 91.2 Å². The van der Waals surface area contributed by atoms with Crippen molar-refractivity contribution in [3.8, 4) is 23.0 Å². The molecule has 0 spiro atoms. The van der Waals surface area contributed by atoms with Gasteiger partial charge < -0.3 is 48.0 Å². The van der Waals surface area contributed by atoms with Crippen molar-refractivity contribution in [3.05, 3.63) is 243 Å². The first-order valence-electron chi connectivity index (χ1n) is 28.9. The van der Waals surface area contributed by atoms with Gasteiger partial charge in [-0.3, -0.25) is 0 Å². The Morgan fingerprint density at radius 2 is 0.352 bits per heavy atom. The van der Waals surface area contributed by atoms with Gasteiger partial charge in [-0.05, 0) is 284 Å². The lowest BCUT2D eigenvalue weighted by Gasteiger charge is -2.31. The van der Waals surface area contributed by atoms with Crippen LogP contribution in [0.4, 0.5) is 101 Å². The molecule has 10 aromatic rings. The Hall–Kier alpha value is -10.9. The molecule has 0 fully saturated rings. The number of ether oxygens (including phenoxy) is 6. The summed E-state index contributed by atoms with van der Waals surface area (Å²) in [5, 5.41) is 0. The lowest BCUT2D eigenvalue weighted by atomic mass is 10.1. The fourth-order valence-electron chi connectivity index (χ4n) is 10.6. The number of benzene rings is 10. The van der Waals surface area contributed by atoms with Crippen molar-refractivity contribution in [2.24, 2.45) is 0 Å². The van der Waals surface area contributed by atoms with Crippen LogP contribution < -0.4 is 48.3 Å². The zero-order chi connectivity index (χ0) is 61.7. The van der Waals surface area contributed by atoms with E-state index in [1.165, 1.54) is 0 Å². The Kier molecular flexibility index (Phi) is 16.7. The number of rotatable bonds is 8. The maximum Gasteiger partial charge on any atom is 0.419 e. The molecule has 10 aromatic carbocycles. The van der Waals surface area contributed by atoms with Crippen LogP contribution >= 0.6 is 0 Å². The van der Waals surface area contributed by atoms with Crippen LogP contribution in [0.1, 0.15) is 41.5 Å². The minimum Gasteiger partial charge on any atom is -0.497 e. The molecule has 0 atom stereocenters. The van der Waals surface area contributed by atoms with Crippen molar-refractivity contribution in [2.75, 3.05) is 57.8 Å². The summed E-state index contributed by atoms with van der Waals surface area (Å²) in [6.07, 6.45) is -1.06. The smallest absolute Gasteiger partial charge is 0.419 e. The Labute approximate surface area is 515 Å². The average molecular weight is 1170 g/mol. The van der Waals surface area contributed by atoms with Gasteiger partial charge >= 0.3 is 12.2 Å². The Balaban J connectivity index is 1.10. The van der Waals surface area contributed by atoms with Gasteiger partial charge in [0.1, 0.15) is 34.2 Å². The molecule has 14 nitrogen and oxygen atoms in total. The molecule has 88 heavy (non-hydrogen) atoms. The van der Waals surface area contributed by atoms with Crippen LogP contribution in [0.3, 0.4) is 0 Å². The van der Waals surface area contributed by atoms with Crippen molar-refractivity contribution in [1.82, 2.24) is 0 Å². The Bertz CT molecular complexity index is 3480. The van der Waals surface area contributed by atoms with E-state index in [1.807, 2.05) is 236 Å². The molecular formula is C74H70N6O8. The van der Waals surface area contributed by atoms with E-state index >= 15 is 0 Å². The summed E-state index contributed by atoms with van der Waals surface area (Å²) in [5.41, 5.74) is 11.2. The molecule has 0 radical (unpaired) electrons. The minimum absolute atomic E-state index is 0.531. The number of nitrogens with zero attached hydrogens (tertiary/aromatic N) is 6. The summed E-state index contributed by atoms with van der Waals surface area (Å²) in [5.74, 6) is 2.88. The van der Waals surface area contributed by atoms with Crippen LogP contribution in [0.25, 0.3) is 0 Å². The van der Waals surface area contributed by atoms with Gasteiger partial charge in [-0.25, -0.2) is 19.4 Å². The second kappa shape index (κ2) is 25.0. The first kappa shape index (κ1) is 58.9. The maximum absolute atomic E-state index is 14.6. The highest BCUT2D eigenvalue weighted by atomic mass is 16.6. The van der Waals surface area contributed by atoms with Crippen LogP contribution in [0.5, 0.6) is 23.0 Å². The molecule has 0 aliphatic carbocycles. The predicted molar refractivity (Wildman–Crippen MR) is 355 cm³/mol. The molecule has 20 rings (SSSR count). The summed E-state index contributed by atoms with van der Waals surface area (Å²) < 4.78 is 34.7. The summed E-state index contributed by atoms with van der Waals surface area (Å²) in [7, 11) is 6.60. The molecule has 2 amide bonds. The SMILES string of the molecule is COc1ccc(N2c3ccc(cc3)N(C(=O)OC(C)(C)C)c3ccc(cc3)N(c3ccc(OC)cc3)c3ccc(cc3)N(c3ccc(OC)cc3)c3ccc(cc3)N(C(=O)OC(C)(C)C)c3ccc(cc3)N(c3ccc(OC)cc3)c3ccc2cc3)cc1. The Morgan fingerprint density at radius 3 is 0.477 bits per heavy atom. The van der Waals surface area contributed by atoms with Crippen LogP contribution in [0.15, 0.2) is 243 Å². The molecule has 0 unspecified atom stereocenters. The molecule has 14 heteroatoms. The molecule has 10 aliphatic heterocycles. The van der Waals surface area contributed by atoms with E-state index in [9.17, 15) is 9.59 Å². The molecule has 0 saturated heterocycles. The van der Waals surface area contributed by atoms with Crippen molar-refractivity contribution >= 4 is 103 Å². The third kappa shape index (κ3) is 12.9. The maximum atomic E-state index is 14.6. The minimum atomic E-state index is -0.791. The van der Waals surface area contributed by atoms with Gasteiger partial charge in [0, 0.05) is 68.2 Å². The number of anilines is 16. The summed E-state index contributed by atoms with van der Waals surface area (Å²) in [6, 6.07) is 79.8. The summed E-state index contributed by atoms with van der Waals surface area (Å²) in [4.78, 5) is 41.0. The second-order valence-corrected chi connectivity index (χ2v) is 22.9. The number of methoxy groups -OCH3 is 4. The highest BCUT2D eigenvalue weighted by Crippen LogP contribution is 2.45. The highest BCUT2D eigenvalue weighted by Gasteiger charge is 2.29. The van der Waals surface area contributed by atoms with Crippen LogP contribution in [0, 0.1) is 0 Å². The Morgan fingerprint density at radius 1 is 0.227 bits per heavy atom. The van der Waals surface area contributed by atoms with E-state index in [0.29, 0.717) is 22.7 Å². The number of amides is 2. The molecular weight excluding hydrogens is 1100 g/mol. The van der Waals surface area contributed by atoms with Gasteiger partial charge in [-0.15, -0.1) is 0 Å². The largest absolute Gasteiger partial charge is 0.497 e. The van der Waals surface area contributed by atoms with Crippen LogP contribution in [0.2, 0.25) is 0 Å². The monoisotopic (exact) mass is 1170 g/mol. The third-order valence-electron chi connectivity index (χ3n) is 14.7. The first-order valence-corrected chi connectivity index (χ1v) is 28.9. The zero-order valence-corrected chi connectivity index (χ0v) is 51.0. The normalized spacial score (nSPS) is 12.6. The summed E-state index contributed by atoms with van der Waals surface area (Å²) >= 11 is 0. The van der Waals surface area contributed by atoms with Crippen LogP contribution in [-0.4, -0.2) is 51.8 Å². The molecule has 0 saturated carbocycles. The molecule has 444 valence electrons. The number of carbonyl (C=O) groups is 2. The van der Waals surface area contributed by atoms with E-state index in [1.54, 1.807) is 38.2 Å². The second-order valence-electron chi connectivity index (χ2n) is 22.9. The molecule has 10 heterocycles. The van der Waals surface area contributed by atoms with Crippen molar-refractivity contribution in [3.63, 3.8) is 0 Å². The molecule has 12 bridgehead atoms. The lowest BCUT2D eigenvalue weighted by molar-refractivity contribution is 0.0588. The van der Waals surface area contributed by atoms with Crippen molar-refractivity contribution < 1.29 is 38.0 Å². The standard InChI is InChI=1S/C74H70N6O8/c1-73(2,3)87-71(81)79-63-27-19-55(20-28-63)75(59-35-43-67(83-7)44-36-59)51-11-15-53(16-12-51)77(61-39-47-69(85-9)48-40-61)57-23-31-65(32-24-57)80(72(82)88-74(4,5)6)66-33-25-58(26-34-66)78(62-41-49-70(86-10)50-42-62)54-17-13-52(14-18-54)76(56-21-29-64(79)30-22-56)60-37-45-68(84-8)46-38-60/h11-50H,1-10H3. The van der Waals surface area contributed by atoms with Gasteiger partial charge in [0.05, 0.1) is 51.2 Å². The van der Waals surface area contributed by atoms with Gasteiger partial charge in [0.25, 0.3) is 0 Å². The number of hydrogen-bond acceptors (Lipinski definition) is 12. The predicted octanol–water partition coefficient (Wildman–Crippen LogP) is 20.1. The van der Waals surface area contributed by atoms with Gasteiger partial charge in [0.15, 0.2) is 0 Å². The third-order valence-corrected chi connectivity index (χ3v) is 14.7. The van der Waals surface area contributed by atoms with E-state index in [2.05, 4.69) is 68.1 Å². The van der Waals surface area contributed by atoms with Crippen molar-refractivity contribution in [2.45, 2.75) is 52.7 Å². The van der Waals surface area contributed by atoms with Gasteiger partial charge in [-0.2, -0.15) is 0 Å². The fraction of sp³-hybridized carbons (Fsp3) is 0.162. The quantitative estimate of drug-likeness (QED) is 0.144. The van der Waals surface area contributed by atoms with Gasteiger partial charge in [0.2, 0.25) is 0 Å².